The third-order valence-corrected chi connectivity index (χ3v) is 5.52. The summed E-state index contributed by atoms with van der Waals surface area (Å²) in [6.45, 7) is 3.72. The van der Waals surface area contributed by atoms with Crippen molar-refractivity contribution >= 4 is 16.9 Å². The molecule has 0 bridgehead atoms. The molecule has 1 aliphatic rings. The minimum atomic E-state index is -0.0773. The second kappa shape index (κ2) is 8.21. The number of nitrogens with one attached hydrogen (secondary N) is 1. The van der Waals surface area contributed by atoms with Crippen LogP contribution in [0.4, 0.5) is 4.79 Å². The van der Waals surface area contributed by atoms with Crippen LogP contribution in [-0.4, -0.2) is 43.7 Å². The maximum atomic E-state index is 12.7. The summed E-state index contributed by atoms with van der Waals surface area (Å²) in [7, 11) is 2.02. The third kappa shape index (κ3) is 4.24. The van der Waals surface area contributed by atoms with Crippen molar-refractivity contribution in [3.63, 3.8) is 0 Å². The first-order valence-electron chi connectivity index (χ1n) is 10.0. The average Bonchev–Trinajstić information content (AvgIpc) is 3.11. The van der Waals surface area contributed by atoms with E-state index in [-0.39, 0.29) is 18.6 Å². The van der Waals surface area contributed by atoms with E-state index < -0.39 is 0 Å². The van der Waals surface area contributed by atoms with Gasteiger partial charge in [-0.1, -0.05) is 19.1 Å². The fraction of sp³-hybridized carbons (Fsp3) is 0.409. The van der Waals surface area contributed by atoms with E-state index in [0.717, 1.165) is 34.6 Å². The molecule has 0 radical (unpaired) electrons. The van der Waals surface area contributed by atoms with Crippen molar-refractivity contribution in [2.45, 2.75) is 32.9 Å². The number of aromatic nitrogens is 3. The Morgan fingerprint density at radius 2 is 2.21 bits per heavy atom. The number of hydrogen-bond acceptors (Lipinski definition) is 4. The highest BCUT2D eigenvalue weighted by Crippen LogP contribution is 2.19. The van der Waals surface area contributed by atoms with Gasteiger partial charge in [0.25, 0.3) is 0 Å². The zero-order valence-electron chi connectivity index (χ0n) is 16.9. The summed E-state index contributed by atoms with van der Waals surface area (Å²) < 4.78 is 2.08. The number of aryl methyl sites for hydroxylation is 1. The number of rotatable bonds is 5. The Bertz CT molecular complexity index is 1030. The summed E-state index contributed by atoms with van der Waals surface area (Å²) in [5.74, 6) is 0.848. The molecule has 29 heavy (non-hydrogen) atoms. The van der Waals surface area contributed by atoms with Crippen molar-refractivity contribution in [2.75, 3.05) is 13.2 Å². The zero-order valence-corrected chi connectivity index (χ0v) is 16.9. The Balaban J connectivity index is 1.39. The van der Waals surface area contributed by atoms with Gasteiger partial charge in [-0.05, 0) is 41.0 Å². The quantitative estimate of drug-likeness (QED) is 0.697. The van der Waals surface area contributed by atoms with Gasteiger partial charge in [0.15, 0.2) is 0 Å². The molecule has 0 unspecified atom stereocenters. The van der Waals surface area contributed by atoms with E-state index in [1.807, 2.05) is 26.4 Å². The molecule has 1 atom stereocenters. The smallest absolute Gasteiger partial charge is 0.318 e. The highest BCUT2D eigenvalue weighted by Gasteiger charge is 2.22. The van der Waals surface area contributed by atoms with Crippen molar-refractivity contribution in [3.05, 3.63) is 59.3 Å². The Morgan fingerprint density at radius 3 is 3.03 bits per heavy atom. The number of nitrogens with zero attached hydrogens (tertiary/aromatic N) is 4. The predicted molar refractivity (Wildman–Crippen MR) is 111 cm³/mol. The second-order valence-electron chi connectivity index (χ2n) is 7.90. The normalized spacial score (nSPS) is 14.7. The number of aliphatic hydroxyl groups is 1. The first-order valence-corrected chi connectivity index (χ1v) is 10.0. The lowest BCUT2D eigenvalue weighted by Crippen LogP contribution is -2.42. The van der Waals surface area contributed by atoms with E-state index in [4.69, 9.17) is 0 Å². The van der Waals surface area contributed by atoms with Crippen molar-refractivity contribution in [2.24, 2.45) is 13.0 Å². The van der Waals surface area contributed by atoms with Crippen LogP contribution in [0.3, 0.4) is 0 Å². The lowest BCUT2D eigenvalue weighted by atomic mass is 10.1. The molecule has 4 rings (SSSR count). The molecule has 2 aromatic heterocycles. The molecule has 2 amide bonds. The number of carbonyl (C=O) groups is 1. The molecule has 7 heteroatoms. The summed E-state index contributed by atoms with van der Waals surface area (Å²) in [4.78, 5) is 23.6. The first kappa shape index (κ1) is 19.4. The summed E-state index contributed by atoms with van der Waals surface area (Å²) in [5, 5.41) is 13.5. The first-order chi connectivity index (χ1) is 14.0. The number of fused-ring (bicyclic) bond motifs is 2. The van der Waals surface area contributed by atoms with Gasteiger partial charge in [-0.15, -0.1) is 0 Å². The minimum absolute atomic E-state index is 0.0773. The SMILES string of the molecule is C[C@@H](CO)Cc1ncc2c(n1)CN(C(=O)NCc1ccc3ccn(C)c3c1)CC2. The van der Waals surface area contributed by atoms with Crippen LogP contribution in [-0.2, 0) is 33.0 Å². The van der Waals surface area contributed by atoms with E-state index in [1.165, 1.54) is 5.39 Å². The molecule has 0 saturated carbocycles. The summed E-state index contributed by atoms with van der Waals surface area (Å²) in [6.07, 6.45) is 5.30. The van der Waals surface area contributed by atoms with Gasteiger partial charge in [0.2, 0.25) is 0 Å². The molecule has 2 N–H and O–H groups in total. The molecule has 152 valence electrons. The van der Waals surface area contributed by atoms with Crippen LogP contribution in [0.2, 0.25) is 0 Å². The van der Waals surface area contributed by atoms with Crippen LogP contribution in [0.25, 0.3) is 10.9 Å². The Labute approximate surface area is 170 Å². The number of carbonyl (C=O) groups excluding carboxylic acids is 1. The van der Waals surface area contributed by atoms with Crippen LogP contribution < -0.4 is 5.32 Å². The monoisotopic (exact) mass is 393 g/mol. The lowest BCUT2D eigenvalue weighted by molar-refractivity contribution is 0.190. The van der Waals surface area contributed by atoms with Crippen molar-refractivity contribution in [1.82, 2.24) is 24.8 Å². The second-order valence-corrected chi connectivity index (χ2v) is 7.90. The largest absolute Gasteiger partial charge is 0.396 e. The highest BCUT2D eigenvalue weighted by atomic mass is 16.3. The van der Waals surface area contributed by atoms with Gasteiger partial charge in [-0.3, -0.25) is 0 Å². The van der Waals surface area contributed by atoms with Gasteiger partial charge in [0.05, 0.1) is 12.2 Å². The molecule has 0 saturated heterocycles. The molecule has 0 spiro atoms. The van der Waals surface area contributed by atoms with Crippen LogP contribution in [0.15, 0.2) is 36.7 Å². The molecular formula is C22H27N5O2. The lowest BCUT2D eigenvalue weighted by Gasteiger charge is -2.28. The maximum Gasteiger partial charge on any atom is 0.318 e. The van der Waals surface area contributed by atoms with Crippen molar-refractivity contribution in [1.29, 1.82) is 0 Å². The molecule has 1 aliphatic heterocycles. The Kier molecular flexibility index (Phi) is 5.49. The molecule has 0 aliphatic carbocycles. The predicted octanol–water partition coefficient (Wildman–Crippen LogP) is 2.41. The summed E-state index contributed by atoms with van der Waals surface area (Å²) in [5.41, 5.74) is 4.24. The molecule has 7 nitrogen and oxygen atoms in total. The minimum Gasteiger partial charge on any atom is -0.396 e. The van der Waals surface area contributed by atoms with Crippen LogP contribution in [0, 0.1) is 5.92 Å². The van der Waals surface area contributed by atoms with E-state index >= 15 is 0 Å². The van der Waals surface area contributed by atoms with Crippen LogP contribution in [0.5, 0.6) is 0 Å². The molecular weight excluding hydrogens is 366 g/mol. The van der Waals surface area contributed by atoms with Crippen molar-refractivity contribution in [3.8, 4) is 0 Å². The van der Waals surface area contributed by atoms with Gasteiger partial charge < -0.3 is 19.9 Å². The Morgan fingerprint density at radius 1 is 1.34 bits per heavy atom. The van der Waals surface area contributed by atoms with Crippen LogP contribution >= 0.6 is 0 Å². The topological polar surface area (TPSA) is 83.3 Å². The molecule has 3 heterocycles. The number of amides is 2. The van der Waals surface area contributed by atoms with Crippen molar-refractivity contribution < 1.29 is 9.90 Å². The average molecular weight is 393 g/mol. The molecule has 0 fully saturated rings. The number of hydrogen-bond donors (Lipinski definition) is 2. The van der Waals surface area contributed by atoms with Crippen LogP contribution in [0.1, 0.15) is 29.6 Å². The maximum absolute atomic E-state index is 12.7. The standard InChI is InChI=1S/C22H27N5O2/c1-15(14-28)9-21-23-12-18-6-8-27(13-19(18)25-21)22(29)24-11-16-3-4-17-5-7-26(2)20(17)10-16/h3-5,7,10,12,15,28H,6,8-9,11,13-14H2,1-2H3,(H,24,29)/t15-/m1/s1. The number of benzene rings is 1. The highest BCUT2D eigenvalue weighted by molar-refractivity contribution is 5.81. The van der Waals surface area contributed by atoms with Gasteiger partial charge >= 0.3 is 6.03 Å². The summed E-state index contributed by atoms with van der Waals surface area (Å²) >= 11 is 0. The summed E-state index contributed by atoms with van der Waals surface area (Å²) in [6, 6.07) is 8.26. The van der Waals surface area contributed by atoms with E-state index in [9.17, 15) is 9.90 Å². The molecule has 1 aromatic carbocycles. The third-order valence-electron chi connectivity index (χ3n) is 5.52. The van der Waals surface area contributed by atoms with Gasteiger partial charge in [0, 0.05) is 51.1 Å². The Hall–Kier alpha value is -2.93. The van der Waals surface area contributed by atoms with Gasteiger partial charge in [-0.25, -0.2) is 14.8 Å². The van der Waals surface area contributed by atoms with E-state index in [1.54, 1.807) is 4.90 Å². The molecule has 3 aromatic rings. The van der Waals surface area contributed by atoms with Gasteiger partial charge in [-0.2, -0.15) is 0 Å². The number of aliphatic hydroxyl groups excluding tert-OH is 1. The van der Waals surface area contributed by atoms with E-state index in [0.29, 0.717) is 26.1 Å². The van der Waals surface area contributed by atoms with Gasteiger partial charge in [0.1, 0.15) is 5.82 Å². The zero-order chi connectivity index (χ0) is 20.4. The van der Waals surface area contributed by atoms with E-state index in [2.05, 4.69) is 44.1 Å². The fourth-order valence-corrected chi connectivity index (χ4v) is 3.70. The fourth-order valence-electron chi connectivity index (χ4n) is 3.70. The number of urea groups is 1.